The van der Waals surface area contributed by atoms with Gasteiger partial charge in [-0.15, -0.1) is 0 Å². The maximum absolute atomic E-state index is 6.63. The Morgan fingerprint density at radius 2 is 1.83 bits per heavy atom. The monoisotopic (exact) mass is 252 g/mol. The molecule has 2 atom stereocenters. The van der Waals surface area contributed by atoms with Gasteiger partial charge in [-0.2, -0.15) is 0 Å². The number of nitrogens with two attached hydrogens (primary N) is 1. The molecule has 104 valence electrons. The zero-order valence-corrected chi connectivity index (χ0v) is 11.6. The van der Waals surface area contributed by atoms with Crippen molar-refractivity contribution in [1.82, 2.24) is 4.90 Å². The summed E-state index contributed by atoms with van der Waals surface area (Å²) in [6.45, 7) is 3.12. The number of nitrogens with zero attached hydrogens (tertiary/aromatic N) is 1. The van der Waals surface area contributed by atoms with Gasteiger partial charge in [0.05, 0.1) is 12.7 Å². The average molecular weight is 252 g/mol. The van der Waals surface area contributed by atoms with Crippen LogP contribution in [0.5, 0.6) is 0 Å². The van der Waals surface area contributed by atoms with Crippen LogP contribution in [0.2, 0.25) is 0 Å². The highest BCUT2D eigenvalue weighted by Crippen LogP contribution is 2.32. The van der Waals surface area contributed by atoms with Gasteiger partial charge < -0.3 is 10.5 Å². The molecule has 3 nitrogen and oxygen atoms in total. The van der Waals surface area contributed by atoms with Crippen LogP contribution in [0.25, 0.3) is 0 Å². The van der Waals surface area contributed by atoms with E-state index in [1.54, 1.807) is 0 Å². The van der Waals surface area contributed by atoms with E-state index in [1.807, 2.05) is 0 Å². The van der Waals surface area contributed by atoms with Crippen molar-refractivity contribution in [1.29, 1.82) is 0 Å². The van der Waals surface area contributed by atoms with Crippen molar-refractivity contribution in [3.8, 4) is 0 Å². The standard InChI is InChI=1S/C15H28N2O/c16-15(8-4-1-5-9-15)12-17-10-11-18-14-7-3-2-6-13(14)17/h13-14H,1-12,16H2. The molecule has 3 heteroatoms. The van der Waals surface area contributed by atoms with Gasteiger partial charge in [-0.05, 0) is 25.7 Å². The molecule has 1 saturated heterocycles. The van der Waals surface area contributed by atoms with E-state index in [2.05, 4.69) is 4.90 Å². The molecule has 0 aromatic carbocycles. The SMILES string of the molecule is NC1(CN2CCOC3CCCCC32)CCCCC1. The van der Waals surface area contributed by atoms with E-state index in [9.17, 15) is 0 Å². The second-order valence-corrected chi connectivity index (χ2v) is 6.65. The summed E-state index contributed by atoms with van der Waals surface area (Å²) in [5, 5.41) is 0. The Labute approximate surface area is 111 Å². The van der Waals surface area contributed by atoms with Crippen molar-refractivity contribution in [2.24, 2.45) is 5.73 Å². The first kappa shape index (κ1) is 12.9. The van der Waals surface area contributed by atoms with E-state index < -0.39 is 0 Å². The molecule has 3 fully saturated rings. The minimum absolute atomic E-state index is 0.0948. The fourth-order valence-corrected chi connectivity index (χ4v) is 4.19. The molecule has 3 rings (SSSR count). The third-order valence-corrected chi connectivity index (χ3v) is 5.21. The van der Waals surface area contributed by atoms with Crippen molar-refractivity contribution >= 4 is 0 Å². The summed E-state index contributed by atoms with van der Waals surface area (Å²) < 4.78 is 5.95. The lowest BCUT2D eigenvalue weighted by Gasteiger charge is -2.47. The Hall–Kier alpha value is -0.120. The third kappa shape index (κ3) is 2.73. The van der Waals surface area contributed by atoms with Gasteiger partial charge in [0.25, 0.3) is 0 Å². The lowest BCUT2D eigenvalue weighted by atomic mass is 9.81. The maximum atomic E-state index is 6.63. The fraction of sp³-hybridized carbons (Fsp3) is 1.00. The van der Waals surface area contributed by atoms with Crippen LogP contribution >= 0.6 is 0 Å². The number of fused-ring (bicyclic) bond motifs is 1. The number of hydrogen-bond donors (Lipinski definition) is 1. The highest BCUT2D eigenvalue weighted by molar-refractivity contribution is 4.95. The normalized spacial score (nSPS) is 37.2. The first-order chi connectivity index (χ1) is 8.77. The highest BCUT2D eigenvalue weighted by Gasteiger charge is 2.38. The van der Waals surface area contributed by atoms with E-state index >= 15 is 0 Å². The molecule has 18 heavy (non-hydrogen) atoms. The molecule has 2 aliphatic carbocycles. The van der Waals surface area contributed by atoms with Crippen LogP contribution < -0.4 is 5.73 Å². The van der Waals surface area contributed by atoms with Crippen LogP contribution in [-0.4, -0.2) is 42.3 Å². The molecule has 2 N–H and O–H groups in total. The van der Waals surface area contributed by atoms with Crippen LogP contribution in [-0.2, 0) is 4.74 Å². The Morgan fingerprint density at radius 1 is 1.06 bits per heavy atom. The zero-order valence-electron chi connectivity index (χ0n) is 11.6. The van der Waals surface area contributed by atoms with Crippen molar-refractivity contribution < 1.29 is 4.74 Å². The summed E-state index contributed by atoms with van der Waals surface area (Å²) in [6, 6.07) is 0.662. The molecular weight excluding hydrogens is 224 g/mol. The molecule has 0 bridgehead atoms. The van der Waals surface area contributed by atoms with E-state index in [-0.39, 0.29) is 5.54 Å². The number of rotatable bonds is 2. The summed E-state index contributed by atoms with van der Waals surface area (Å²) in [4.78, 5) is 2.67. The van der Waals surface area contributed by atoms with Crippen LogP contribution in [0.4, 0.5) is 0 Å². The van der Waals surface area contributed by atoms with Gasteiger partial charge in [0.15, 0.2) is 0 Å². The molecule has 0 amide bonds. The number of ether oxygens (including phenoxy) is 1. The summed E-state index contributed by atoms with van der Waals surface area (Å²) >= 11 is 0. The van der Waals surface area contributed by atoms with Crippen molar-refractivity contribution in [2.75, 3.05) is 19.7 Å². The second kappa shape index (κ2) is 5.48. The molecule has 2 saturated carbocycles. The van der Waals surface area contributed by atoms with Crippen molar-refractivity contribution in [2.45, 2.75) is 75.5 Å². The molecule has 0 aromatic heterocycles. The van der Waals surface area contributed by atoms with Gasteiger partial charge in [0, 0.05) is 24.7 Å². The molecular formula is C15H28N2O. The Kier molecular flexibility index (Phi) is 3.92. The molecule has 2 unspecified atom stereocenters. The predicted octanol–water partition coefficient (Wildman–Crippen LogP) is 2.29. The average Bonchev–Trinajstić information content (AvgIpc) is 2.40. The van der Waals surface area contributed by atoms with Crippen molar-refractivity contribution in [3.05, 3.63) is 0 Å². The van der Waals surface area contributed by atoms with E-state index in [0.29, 0.717) is 12.1 Å². The summed E-state index contributed by atoms with van der Waals surface area (Å²) in [6.07, 6.45) is 12.3. The number of morpholine rings is 1. The molecule has 0 spiro atoms. The Balaban J connectivity index is 1.63. The van der Waals surface area contributed by atoms with E-state index in [0.717, 1.165) is 19.7 Å². The van der Waals surface area contributed by atoms with Gasteiger partial charge in [0.2, 0.25) is 0 Å². The van der Waals surface area contributed by atoms with Gasteiger partial charge in [0.1, 0.15) is 0 Å². The minimum atomic E-state index is 0.0948. The van der Waals surface area contributed by atoms with Gasteiger partial charge in [-0.1, -0.05) is 32.1 Å². The smallest absolute Gasteiger partial charge is 0.0730 e. The van der Waals surface area contributed by atoms with Gasteiger partial charge in [-0.25, -0.2) is 0 Å². The lowest BCUT2D eigenvalue weighted by molar-refractivity contribution is -0.0947. The minimum Gasteiger partial charge on any atom is -0.375 e. The van der Waals surface area contributed by atoms with Crippen LogP contribution in [0, 0.1) is 0 Å². The number of hydrogen-bond acceptors (Lipinski definition) is 3. The lowest BCUT2D eigenvalue weighted by Crippen LogP contribution is -2.59. The molecule has 0 aromatic rings. The molecule has 3 aliphatic rings. The topological polar surface area (TPSA) is 38.5 Å². The van der Waals surface area contributed by atoms with Crippen LogP contribution in [0.3, 0.4) is 0 Å². The Morgan fingerprint density at radius 3 is 2.67 bits per heavy atom. The largest absolute Gasteiger partial charge is 0.375 e. The molecule has 1 heterocycles. The zero-order chi connectivity index (χ0) is 12.4. The third-order valence-electron chi connectivity index (χ3n) is 5.21. The summed E-state index contributed by atoms with van der Waals surface area (Å²) in [5.41, 5.74) is 6.72. The van der Waals surface area contributed by atoms with E-state index in [4.69, 9.17) is 10.5 Å². The molecule has 0 radical (unpaired) electrons. The predicted molar refractivity (Wildman–Crippen MR) is 73.6 cm³/mol. The van der Waals surface area contributed by atoms with Crippen molar-refractivity contribution in [3.63, 3.8) is 0 Å². The highest BCUT2D eigenvalue weighted by atomic mass is 16.5. The fourth-order valence-electron chi connectivity index (χ4n) is 4.19. The maximum Gasteiger partial charge on any atom is 0.0730 e. The van der Waals surface area contributed by atoms with Crippen LogP contribution in [0.15, 0.2) is 0 Å². The molecule has 1 aliphatic heterocycles. The van der Waals surface area contributed by atoms with Gasteiger partial charge in [-0.3, -0.25) is 4.90 Å². The van der Waals surface area contributed by atoms with Gasteiger partial charge >= 0.3 is 0 Å². The first-order valence-electron chi connectivity index (χ1n) is 7.91. The van der Waals surface area contributed by atoms with E-state index in [1.165, 1.54) is 57.8 Å². The summed E-state index contributed by atoms with van der Waals surface area (Å²) in [7, 11) is 0. The quantitative estimate of drug-likeness (QED) is 0.819. The summed E-state index contributed by atoms with van der Waals surface area (Å²) in [5.74, 6) is 0. The Bertz CT molecular complexity index is 274. The van der Waals surface area contributed by atoms with Crippen LogP contribution in [0.1, 0.15) is 57.8 Å². The first-order valence-corrected chi connectivity index (χ1v) is 7.91. The second-order valence-electron chi connectivity index (χ2n) is 6.65.